The molecule has 1 aromatic carbocycles. The summed E-state index contributed by atoms with van der Waals surface area (Å²) in [6.45, 7) is 0. The van der Waals surface area contributed by atoms with E-state index in [1.807, 2.05) is 24.3 Å². The molecule has 0 radical (unpaired) electrons. The topological polar surface area (TPSA) is 64.7 Å². The van der Waals surface area contributed by atoms with Gasteiger partial charge in [-0.2, -0.15) is 0 Å². The monoisotopic (exact) mass is 306 g/mol. The first-order chi connectivity index (χ1) is 8.24. The number of aromatic nitrogens is 3. The van der Waals surface area contributed by atoms with Gasteiger partial charge in [0, 0.05) is 0 Å². The van der Waals surface area contributed by atoms with Crippen LogP contribution in [0.25, 0.3) is 20.9 Å². The largest absolute Gasteiger partial charge is 0.382 e. The van der Waals surface area contributed by atoms with E-state index < -0.39 is 0 Å². The van der Waals surface area contributed by atoms with Gasteiger partial charge in [0.2, 0.25) is 0 Å². The Bertz CT molecular complexity index is 662. The Balaban J connectivity index is 2.23. The van der Waals surface area contributed by atoms with E-state index >= 15 is 0 Å². The lowest BCUT2D eigenvalue weighted by atomic mass is 10.3. The number of thiazole rings is 1. The summed E-state index contributed by atoms with van der Waals surface area (Å²) in [5.74, 6) is 0.396. The average Bonchev–Trinajstić information content (AvgIpc) is 2.75. The number of nitrogens with two attached hydrogens (primary N) is 1. The van der Waals surface area contributed by atoms with Gasteiger partial charge >= 0.3 is 0 Å². The number of hydrogen-bond acceptors (Lipinski definition) is 5. The summed E-state index contributed by atoms with van der Waals surface area (Å²) >= 11 is 4.84. The van der Waals surface area contributed by atoms with E-state index in [2.05, 4.69) is 30.9 Å². The number of rotatable bonds is 1. The van der Waals surface area contributed by atoms with E-state index in [9.17, 15) is 0 Å². The molecule has 2 heterocycles. The van der Waals surface area contributed by atoms with Crippen LogP contribution in [0.2, 0.25) is 0 Å². The molecular formula is C11H7BrN4S. The van der Waals surface area contributed by atoms with Crippen molar-refractivity contribution in [2.24, 2.45) is 0 Å². The lowest BCUT2D eigenvalue weighted by molar-refractivity contribution is 1.17. The lowest BCUT2D eigenvalue weighted by Gasteiger charge is -1.99. The number of fused-ring (bicyclic) bond motifs is 1. The number of para-hydroxylation sites is 1. The van der Waals surface area contributed by atoms with Crippen molar-refractivity contribution >= 4 is 43.3 Å². The standard InChI is InChI=1S/C11H7BrN4S/c12-8-5-14-10(13)9(16-8)11-15-6-3-1-2-4-7(6)17-11/h1-5H,(H2,13,14). The van der Waals surface area contributed by atoms with Crippen molar-refractivity contribution < 1.29 is 0 Å². The molecule has 0 bridgehead atoms. The van der Waals surface area contributed by atoms with E-state index in [-0.39, 0.29) is 0 Å². The average molecular weight is 307 g/mol. The Morgan fingerprint density at radius 1 is 1.18 bits per heavy atom. The van der Waals surface area contributed by atoms with Crippen molar-refractivity contribution in [3.63, 3.8) is 0 Å². The molecule has 3 aromatic rings. The highest BCUT2D eigenvalue weighted by Gasteiger charge is 2.11. The van der Waals surface area contributed by atoms with Crippen LogP contribution < -0.4 is 5.73 Å². The first-order valence-electron chi connectivity index (χ1n) is 4.88. The van der Waals surface area contributed by atoms with E-state index in [4.69, 9.17) is 5.73 Å². The third-order valence-electron chi connectivity index (χ3n) is 2.27. The van der Waals surface area contributed by atoms with Gasteiger partial charge in [-0.15, -0.1) is 11.3 Å². The first kappa shape index (κ1) is 10.6. The molecule has 0 aliphatic heterocycles. The van der Waals surface area contributed by atoms with Gasteiger partial charge in [-0.25, -0.2) is 15.0 Å². The molecule has 0 amide bonds. The number of nitrogen functional groups attached to an aromatic ring is 1. The van der Waals surface area contributed by atoms with Crippen LogP contribution >= 0.6 is 27.3 Å². The van der Waals surface area contributed by atoms with Crippen molar-refractivity contribution in [1.29, 1.82) is 0 Å². The number of nitrogens with zero attached hydrogens (tertiary/aromatic N) is 3. The smallest absolute Gasteiger partial charge is 0.152 e. The highest BCUT2D eigenvalue weighted by atomic mass is 79.9. The normalized spacial score (nSPS) is 10.9. The molecule has 84 valence electrons. The van der Waals surface area contributed by atoms with Crippen molar-refractivity contribution in [2.45, 2.75) is 0 Å². The Kier molecular flexibility index (Phi) is 2.53. The van der Waals surface area contributed by atoms with Crippen LogP contribution in [0.4, 0.5) is 5.82 Å². The fraction of sp³-hybridized carbons (Fsp3) is 0. The number of benzene rings is 1. The molecule has 0 aliphatic carbocycles. The Hall–Kier alpha value is -1.53. The quantitative estimate of drug-likeness (QED) is 0.750. The zero-order valence-corrected chi connectivity index (χ0v) is 11.0. The third-order valence-corrected chi connectivity index (χ3v) is 3.69. The molecule has 17 heavy (non-hydrogen) atoms. The van der Waals surface area contributed by atoms with Gasteiger partial charge in [0.1, 0.15) is 15.3 Å². The van der Waals surface area contributed by atoms with Crippen molar-refractivity contribution in [2.75, 3.05) is 5.73 Å². The summed E-state index contributed by atoms with van der Waals surface area (Å²) in [4.78, 5) is 12.9. The fourth-order valence-electron chi connectivity index (χ4n) is 1.51. The maximum absolute atomic E-state index is 5.82. The maximum Gasteiger partial charge on any atom is 0.152 e. The molecule has 3 rings (SSSR count). The van der Waals surface area contributed by atoms with E-state index in [1.165, 1.54) is 0 Å². The molecule has 4 nitrogen and oxygen atoms in total. The summed E-state index contributed by atoms with van der Waals surface area (Å²) in [6.07, 6.45) is 1.58. The number of anilines is 1. The molecule has 0 spiro atoms. The van der Waals surface area contributed by atoms with Gasteiger partial charge in [0.15, 0.2) is 5.82 Å². The number of hydrogen-bond donors (Lipinski definition) is 1. The van der Waals surface area contributed by atoms with Crippen LogP contribution in [0.3, 0.4) is 0 Å². The summed E-state index contributed by atoms with van der Waals surface area (Å²) < 4.78 is 1.77. The van der Waals surface area contributed by atoms with Gasteiger partial charge in [-0.3, -0.25) is 0 Å². The van der Waals surface area contributed by atoms with Gasteiger partial charge in [0.25, 0.3) is 0 Å². The third kappa shape index (κ3) is 1.89. The van der Waals surface area contributed by atoms with Gasteiger partial charge in [-0.1, -0.05) is 12.1 Å². The second-order valence-corrected chi connectivity index (χ2v) is 5.26. The highest BCUT2D eigenvalue weighted by Crippen LogP contribution is 2.31. The van der Waals surface area contributed by atoms with Gasteiger partial charge < -0.3 is 5.73 Å². The minimum absolute atomic E-state index is 0.396. The molecular weight excluding hydrogens is 300 g/mol. The van der Waals surface area contributed by atoms with Crippen molar-refractivity contribution in [1.82, 2.24) is 15.0 Å². The molecule has 2 aromatic heterocycles. The summed E-state index contributed by atoms with van der Waals surface area (Å²) in [7, 11) is 0. The van der Waals surface area contributed by atoms with Gasteiger partial charge in [0.05, 0.1) is 16.4 Å². The van der Waals surface area contributed by atoms with Crippen LogP contribution in [0, 0.1) is 0 Å². The van der Waals surface area contributed by atoms with E-state index in [1.54, 1.807) is 17.5 Å². The highest BCUT2D eigenvalue weighted by molar-refractivity contribution is 9.10. The predicted octanol–water partition coefficient (Wildman–Crippen LogP) is 3.10. The zero-order valence-electron chi connectivity index (χ0n) is 8.59. The Morgan fingerprint density at radius 2 is 2.00 bits per heavy atom. The number of halogens is 1. The van der Waals surface area contributed by atoms with Gasteiger partial charge in [-0.05, 0) is 28.1 Å². The minimum atomic E-state index is 0.396. The van der Waals surface area contributed by atoms with Crippen LogP contribution in [0.15, 0.2) is 35.1 Å². The van der Waals surface area contributed by atoms with Crippen LogP contribution in [0.5, 0.6) is 0 Å². The molecule has 6 heteroatoms. The Labute approximate surface area is 110 Å². The maximum atomic E-state index is 5.82. The Morgan fingerprint density at radius 3 is 2.82 bits per heavy atom. The molecule has 0 fully saturated rings. The zero-order chi connectivity index (χ0) is 11.8. The molecule has 0 saturated carbocycles. The lowest BCUT2D eigenvalue weighted by Crippen LogP contribution is -1.96. The fourth-order valence-corrected chi connectivity index (χ4v) is 2.75. The van der Waals surface area contributed by atoms with E-state index in [0.717, 1.165) is 15.2 Å². The minimum Gasteiger partial charge on any atom is -0.382 e. The molecule has 0 saturated heterocycles. The summed E-state index contributed by atoms with van der Waals surface area (Å²) in [5.41, 5.74) is 7.39. The summed E-state index contributed by atoms with van der Waals surface area (Å²) in [6, 6.07) is 7.94. The molecule has 0 atom stereocenters. The first-order valence-corrected chi connectivity index (χ1v) is 6.49. The predicted molar refractivity (Wildman–Crippen MR) is 72.8 cm³/mol. The van der Waals surface area contributed by atoms with Crippen LogP contribution in [-0.2, 0) is 0 Å². The second-order valence-electron chi connectivity index (χ2n) is 3.41. The second kappa shape index (κ2) is 4.05. The van der Waals surface area contributed by atoms with Crippen molar-refractivity contribution in [3.8, 4) is 10.7 Å². The van der Waals surface area contributed by atoms with Crippen LogP contribution in [0.1, 0.15) is 0 Å². The van der Waals surface area contributed by atoms with E-state index in [0.29, 0.717) is 16.1 Å². The molecule has 0 aliphatic rings. The van der Waals surface area contributed by atoms with Crippen molar-refractivity contribution in [3.05, 3.63) is 35.1 Å². The molecule has 0 unspecified atom stereocenters. The molecule has 2 N–H and O–H groups in total. The summed E-state index contributed by atoms with van der Waals surface area (Å²) in [5, 5.41) is 0.789. The van der Waals surface area contributed by atoms with Crippen LogP contribution in [-0.4, -0.2) is 15.0 Å². The SMILES string of the molecule is Nc1ncc(Br)nc1-c1nc2ccccc2s1.